The Balaban J connectivity index is 5.70. The molecule has 0 heterocycles. The molecule has 0 aromatic rings. The van der Waals surface area contributed by atoms with Gasteiger partial charge in [-0.25, -0.2) is 4.39 Å². The van der Waals surface area contributed by atoms with Gasteiger partial charge >= 0.3 is 23.9 Å². The van der Waals surface area contributed by atoms with E-state index < -0.39 is 42.2 Å². The third-order valence-electron chi connectivity index (χ3n) is 1.79. The number of halogens is 10. The van der Waals surface area contributed by atoms with Gasteiger partial charge < -0.3 is 0 Å². The number of Topliss-reactive ketones (excluding diaryl/α,β-unsaturated/α-hetero) is 2. The average Bonchev–Trinajstić information content (AvgIpc) is 2.24. The fourth-order valence-corrected chi connectivity index (χ4v) is 0.728. The summed E-state index contributed by atoms with van der Waals surface area (Å²) in [6, 6.07) is 0. The summed E-state index contributed by atoms with van der Waals surface area (Å²) in [4.78, 5) is 20.4. The summed E-state index contributed by atoms with van der Waals surface area (Å²) in [5, 5.41) is 0. The van der Waals surface area contributed by atoms with Gasteiger partial charge in [-0.3, -0.25) is 9.59 Å². The molecule has 0 radical (unpaired) electrons. The molecule has 2 nitrogen and oxygen atoms in total. The molecule has 19 heavy (non-hydrogen) atoms. The first-order valence-corrected chi connectivity index (χ1v) is 3.98. The predicted molar refractivity (Wildman–Crippen MR) is 36.9 cm³/mol. The summed E-state index contributed by atoms with van der Waals surface area (Å²) >= 11 is 0. The Labute approximate surface area is 96.9 Å². The third-order valence-corrected chi connectivity index (χ3v) is 1.79. The van der Waals surface area contributed by atoms with E-state index in [1.165, 1.54) is 0 Å². The molecule has 12 heteroatoms. The van der Waals surface area contributed by atoms with Crippen LogP contribution >= 0.6 is 0 Å². The van der Waals surface area contributed by atoms with Gasteiger partial charge in [0.15, 0.2) is 6.67 Å². The third kappa shape index (κ3) is 2.66. The highest BCUT2D eigenvalue weighted by atomic mass is 19.4. The topological polar surface area (TPSA) is 34.1 Å². The Morgan fingerprint density at radius 3 is 1.42 bits per heavy atom. The zero-order valence-corrected chi connectivity index (χ0v) is 8.30. The van der Waals surface area contributed by atoms with Crippen LogP contribution in [0.5, 0.6) is 0 Å². The first kappa shape index (κ1) is 17.6. The van der Waals surface area contributed by atoms with E-state index in [2.05, 4.69) is 0 Å². The highest BCUT2D eigenvalue weighted by Gasteiger charge is 2.79. The van der Waals surface area contributed by atoms with Crippen molar-refractivity contribution >= 4 is 11.6 Å². The number of carbonyl (C=O) groups excluding carboxylic acids is 2. The lowest BCUT2D eigenvalue weighted by Gasteiger charge is -2.28. The zero-order valence-electron chi connectivity index (χ0n) is 8.30. The molecule has 112 valence electrons. The average molecular weight is 308 g/mol. The zero-order chi connectivity index (χ0) is 15.9. The van der Waals surface area contributed by atoms with Crippen molar-refractivity contribution in [3.63, 3.8) is 0 Å². The van der Waals surface area contributed by atoms with E-state index in [0.29, 0.717) is 0 Å². The molecule has 0 aliphatic heterocycles. The molecule has 0 rings (SSSR count). The van der Waals surface area contributed by atoms with Gasteiger partial charge in [-0.05, 0) is 0 Å². The molecule has 0 N–H and O–H groups in total. The van der Waals surface area contributed by atoms with Crippen LogP contribution in [0.25, 0.3) is 0 Å². The van der Waals surface area contributed by atoms with Gasteiger partial charge in [-0.2, -0.15) is 39.5 Å². The van der Waals surface area contributed by atoms with Gasteiger partial charge in [0.1, 0.15) is 0 Å². The van der Waals surface area contributed by atoms with E-state index >= 15 is 0 Å². The number of carbonyl (C=O) groups is 2. The van der Waals surface area contributed by atoms with Crippen LogP contribution in [0.3, 0.4) is 0 Å². The molecule has 0 amide bonds. The van der Waals surface area contributed by atoms with Crippen LogP contribution in [-0.4, -0.2) is 42.2 Å². The SMILES string of the molecule is O=C(CF)C(F)(F)C(=O)C(F)(F)C(F)(F)C(F)(F)F. The highest BCUT2D eigenvalue weighted by molar-refractivity contribution is 6.12. The summed E-state index contributed by atoms with van der Waals surface area (Å²) in [6.45, 7) is -2.70. The predicted octanol–water partition coefficient (Wildman–Crippen LogP) is 2.56. The molecule has 0 aliphatic carbocycles. The largest absolute Gasteiger partial charge is 0.460 e. The molecule has 0 aromatic heterocycles. The molecule has 0 saturated heterocycles. The lowest BCUT2D eigenvalue weighted by molar-refractivity contribution is -0.346. The van der Waals surface area contributed by atoms with Crippen molar-refractivity contribution in [2.45, 2.75) is 23.9 Å². The van der Waals surface area contributed by atoms with E-state index in [1.54, 1.807) is 0 Å². The summed E-state index contributed by atoms with van der Waals surface area (Å²) in [6.07, 6.45) is -7.03. The number of ketones is 2. The van der Waals surface area contributed by atoms with E-state index in [1.807, 2.05) is 0 Å². The van der Waals surface area contributed by atoms with Crippen molar-refractivity contribution in [3.8, 4) is 0 Å². The molecule has 0 bridgehead atoms. The molecule has 0 aromatic carbocycles. The van der Waals surface area contributed by atoms with Crippen LogP contribution in [0.4, 0.5) is 43.9 Å². The van der Waals surface area contributed by atoms with Gasteiger partial charge in [0.25, 0.3) is 5.78 Å². The fraction of sp³-hybridized carbons (Fsp3) is 0.714. The number of alkyl halides is 10. The fourth-order valence-electron chi connectivity index (χ4n) is 0.728. The molecule has 0 spiro atoms. The molecule has 0 fully saturated rings. The van der Waals surface area contributed by atoms with Gasteiger partial charge in [0, 0.05) is 0 Å². The summed E-state index contributed by atoms with van der Waals surface area (Å²) in [5.41, 5.74) is 0. The minimum absolute atomic E-state index is 2.70. The molecule has 0 saturated carbocycles. The van der Waals surface area contributed by atoms with Gasteiger partial charge in [0.05, 0.1) is 0 Å². The molecule has 0 atom stereocenters. The number of hydrogen-bond acceptors (Lipinski definition) is 2. The summed E-state index contributed by atoms with van der Waals surface area (Å²) in [7, 11) is 0. The minimum Gasteiger partial charge on any atom is -0.289 e. The quantitative estimate of drug-likeness (QED) is 0.578. The lowest BCUT2D eigenvalue weighted by Crippen LogP contribution is -2.61. The van der Waals surface area contributed by atoms with Crippen molar-refractivity contribution in [1.82, 2.24) is 0 Å². The maximum Gasteiger partial charge on any atom is 0.460 e. The van der Waals surface area contributed by atoms with Crippen LogP contribution in [-0.2, 0) is 9.59 Å². The highest BCUT2D eigenvalue weighted by Crippen LogP contribution is 2.48. The minimum atomic E-state index is -7.14. The normalized spacial score (nSPS) is 14.4. The number of rotatable bonds is 5. The van der Waals surface area contributed by atoms with Crippen molar-refractivity contribution in [2.24, 2.45) is 0 Å². The number of hydrogen-bond donors (Lipinski definition) is 0. The van der Waals surface area contributed by atoms with E-state index in [-0.39, 0.29) is 0 Å². The Bertz CT molecular complexity index is 382. The summed E-state index contributed by atoms with van der Waals surface area (Å²) < 4.78 is 121. The first-order valence-electron chi connectivity index (χ1n) is 3.98. The Hall–Kier alpha value is -1.36. The van der Waals surface area contributed by atoms with E-state index in [4.69, 9.17) is 0 Å². The molecule has 0 aliphatic rings. The maximum atomic E-state index is 12.5. The Morgan fingerprint density at radius 1 is 0.789 bits per heavy atom. The second-order valence-electron chi connectivity index (χ2n) is 3.11. The lowest BCUT2D eigenvalue weighted by atomic mass is 9.99. The van der Waals surface area contributed by atoms with Gasteiger partial charge in [-0.15, -0.1) is 0 Å². The summed E-state index contributed by atoms with van der Waals surface area (Å²) in [5.74, 6) is -27.6. The monoisotopic (exact) mass is 308 g/mol. The molecular formula is C7H2F10O2. The Morgan fingerprint density at radius 2 is 1.16 bits per heavy atom. The molecular weight excluding hydrogens is 306 g/mol. The van der Waals surface area contributed by atoms with Crippen molar-refractivity contribution < 1.29 is 53.5 Å². The second kappa shape index (κ2) is 4.63. The van der Waals surface area contributed by atoms with Crippen LogP contribution < -0.4 is 0 Å². The van der Waals surface area contributed by atoms with Crippen molar-refractivity contribution in [3.05, 3.63) is 0 Å². The van der Waals surface area contributed by atoms with Crippen molar-refractivity contribution in [2.75, 3.05) is 6.67 Å². The standard InChI is InChI=1S/C7H2F10O2/c8-1-2(18)4(9,10)3(19)5(11,12)6(13,14)7(15,16)17/h1H2. The van der Waals surface area contributed by atoms with Crippen LogP contribution in [0, 0.1) is 0 Å². The van der Waals surface area contributed by atoms with E-state index in [0.717, 1.165) is 0 Å². The van der Waals surface area contributed by atoms with Gasteiger partial charge in [0.2, 0.25) is 5.78 Å². The Kier molecular flexibility index (Phi) is 4.30. The van der Waals surface area contributed by atoms with Crippen LogP contribution in [0.2, 0.25) is 0 Å². The van der Waals surface area contributed by atoms with E-state index in [9.17, 15) is 53.5 Å². The maximum absolute atomic E-state index is 12.5. The second-order valence-corrected chi connectivity index (χ2v) is 3.11. The first-order chi connectivity index (χ1) is 8.14. The van der Waals surface area contributed by atoms with Crippen molar-refractivity contribution in [1.29, 1.82) is 0 Å². The molecule has 0 unspecified atom stereocenters. The van der Waals surface area contributed by atoms with Gasteiger partial charge in [-0.1, -0.05) is 0 Å². The smallest absolute Gasteiger partial charge is 0.289 e. The van der Waals surface area contributed by atoms with Crippen LogP contribution in [0.15, 0.2) is 0 Å². The van der Waals surface area contributed by atoms with Crippen LogP contribution in [0.1, 0.15) is 0 Å².